The summed E-state index contributed by atoms with van der Waals surface area (Å²) in [5.74, 6) is 0.322. The number of aryl methyl sites for hydroxylation is 1. The molecule has 0 radical (unpaired) electrons. The smallest absolute Gasteiger partial charge is 0.0491 e. The third kappa shape index (κ3) is 2.71. The van der Waals surface area contributed by atoms with E-state index in [1.165, 1.54) is 11.1 Å². The fraction of sp³-hybridized carbons (Fsp3) is 0.267. The number of nitrogens with zero attached hydrogens (tertiary/aromatic N) is 1. The lowest BCUT2D eigenvalue weighted by molar-refractivity contribution is 0.688. The molecule has 1 heterocycles. The molecule has 0 spiro atoms. The molecule has 2 aromatic rings. The maximum Gasteiger partial charge on any atom is 0.0491 e. The number of hydrogen-bond donors (Lipinski definition) is 1. The van der Waals surface area contributed by atoms with Crippen LogP contribution in [0, 0.1) is 6.92 Å². The van der Waals surface area contributed by atoms with Crippen molar-refractivity contribution in [2.45, 2.75) is 12.8 Å². The minimum atomic E-state index is 0.322. The van der Waals surface area contributed by atoms with Gasteiger partial charge in [-0.25, -0.2) is 0 Å². The van der Waals surface area contributed by atoms with E-state index in [-0.39, 0.29) is 0 Å². The van der Waals surface area contributed by atoms with Crippen molar-refractivity contribution < 1.29 is 0 Å². The average molecular weight is 226 g/mol. The summed E-state index contributed by atoms with van der Waals surface area (Å²) in [6.07, 6.45) is 1.86. The summed E-state index contributed by atoms with van der Waals surface area (Å²) in [5.41, 5.74) is 3.79. The van der Waals surface area contributed by atoms with Crippen molar-refractivity contribution >= 4 is 0 Å². The molecule has 2 heteroatoms. The summed E-state index contributed by atoms with van der Waals surface area (Å²) in [4.78, 5) is 4.48. The van der Waals surface area contributed by atoms with Crippen LogP contribution >= 0.6 is 0 Å². The highest BCUT2D eigenvalue weighted by molar-refractivity contribution is 5.35. The standard InChI is InChI=1S/C15H18N2/c1-12-7-3-4-8-13(12)14(11-16-2)15-9-5-6-10-17-15/h3-10,14,16H,11H2,1-2H3. The highest BCUT2D eigenvalue weighted by Crippen LogP contribution is 2.24. The molecule has 0 saturated heterocycles. The predicted octanol–water partition coefficient (Wildman–Crippen LogP) is 2.74. The Bertz CT molecular complexity index is 465. The molecule has 0 amide bonds. The highest BCUT2D eigenvalue weighted by atomic mass is 14.8. The second-order valence-corrected chi connectivity index (χ2v) is 4.22. The van der Waals surface area contributed by atoms with Gasteiger partial charge in [0.2, 0.25) is 0 Å². The molecular weight excluding hydrogens is 208 g/mol. The fourth-order valence-corrected chi connectivity index (χ4v) is 2.14. The maximum absolute atomic E-state index is 4.48. The number of pyridine rings is 1. The van der Waals surface area contributed by atoms with Gasteiger partial charge in [-0.3, -0.25) is 4.98 Å². The van der Waals surface area contributed by atoms with Crippen LogP contribution in [-0.2, 0) is 0 Å². The van der Waals surface area contributed by atoms with E-state index in [2.05, 4.69) is 47.6 Å². The first kappa shape index (κ1) is 11.8. The van der Waals surface area contributed by atoms with Crippen LogP contribution < -0.4 is 5.32 Å². The monoisotopic (exact) mass is 226 g/mol. The maximum atomic E-state index is 4.48. The summed E-state index contributed by atoms with van der Waals surface area (Å²) < 4.78 is 0. The number of aromatic nitrogens is 1. The Morgan fingerprint density at radius 2 is 1.88 bits per heavy atom. The van der Waals surface area contributed by atoms with Gasteiger partial charge >= 0.3 is 0 Å². The molecule has 17 heavy (non-hydrogen) atoms. The molecule has 2 nitrogen and oxygen atoms in total. The molecule has 0 aliphatic rings. The van der Waals surface area contributed by atoms with E-state index in [9.17, 15) is 0 Å². The Kier molecular flexibility index (Phi) is 3.89. The van der Waals surface area contributed by atoms with Crippen molar-refractivity contribution in [1.29, 1.82) is 0 Å². The molecule has 88 valence electrons. The van der Waals surface area contributed by atoms with Crippen molar-refractivity contribution in [2.75, 3.05) is 13.6 Å². The fourth-order valence-electron chi connectivity index (χ4n) is 2.14. The lowest BCUT2D eigenvalue weighted by Gasteiger charge is -2.18. The van der Waals surface area contributed by atoms with Gasteiger partial charge < -0.3 is 5.32 Å². The zero-order valence-corrected chi connectivity index (χ0v) is 10.4. The van der Waals surface area contributed by atoms with Gasteiger partial charge in [0, 0.05) is 24.4 Å². The van der Waals surface area contributed by atoms with Crippen LogP contribution in [0.25, 0.3) is 0 Å². The molecule has 1 atom stereocenters. The van der Waals surface area contributed by atoms with Crippen molar-refractivity contribution in [1.82, 2.24) is 10.3 Å². The van der Waals surface area contributed by atoms with Crippen molar-refractivity contribution in [3.8, 4) is 0 Å². The molecule has 0 saturated carbocycles. The minimum absolute atomic E-state index is 0.322. The van der Waals surface area contributed by atoms with Gasteiger partial charge in [0.05, 0.1) is 0 Å². The summed E-state index contributed by atoms with van der Waals surface area (Å²) in [6.45, 7) is 3.06. The Hall–Kier alpha value is -1.67. The van der Waals surface area contributed by atoms with Gasteiger partial charge in [-0.15, -0.1) is 0 Å². The first-order valence-electron chi connectivity index (χ1n) is 5.94. The summed E-state index contributed by atoms with van der Waals surface area (Å²) in [5, 5.41) is 3.25. The van der Waals surface area contributed by atoms with Crippen molar-refractivity contribution in [3.63, 3.8) is 0 Å². The zero-order valence-electron chi connectivity index (χ0n) is 10.4. The third-order valence-electron chi connectivity index (χ3n) is 3.02. The molecule has 0 aliphatic carbocycles. The van der Waals surface area contributed by atoms with Crippen molar-refractivity contribution in [3.05, 3.63) is 65.5 Å². The van der Waals surface area contributed by atoms with Gasteiger partial charge in [0.15, 0.2) is 0 Å². The molecule has 1 unspecified atom stereocenters. The van der Waals surface area contributed by atoms with E-state index in [1.807, 2.05) is 25.4 Å². The molecule has 0 aliphatic heterocycles. The molecular formula is C15H18N2. The highest BCUT2D eigenvalue weighted by Gasteiger charge is 2.15. The number of benzene rings is 1. The number of likely N-dealkylation sites (N-methyl/N-ethyl adjacent to an activating group) is 1. The van der Waals surface area contributed by atoms with E-state index in [4.69, 9.17) is 0 Å². The largest absolute Gasteiger partial charge is 0.319 e. The van der Waals surface area contributed by atoms with Crippen LogP contribution in [0.2, 0.25) is 0 Å². The van der Waals surface area contributed by atoms with Gasteiger partial charge in [-0.05, 0) is 37.2 Å². The molecule has 0 bridgehead atoms. The Morgan fingerprint density at radius 1 is 1.12 bits per heavy atom. The van der Waals surface area contributed by atoms with Crippen LogP contribution in [0.3, 0.4) is 0 Å². The molecule has 2 rings (SSSR count). The van der Waals surface area contributed by atoms with Gasteiger partial charge in [-0.1, -0.05) is 30.3 Å². The number of hydrogen-bond acceptors (Lipinski definition) is 2. The molecule has 0 fully saturated rings. The summed E-state index contributed by atoms with van der Waals surface area (Å²) in [7, 11) is 1.98. The van der Waals surface area contributed by atoms with Crippen molar-refractivity contribution in [2.24, 2.45) is 0 Å². The first-order chi connectivity index (χ1) is 8.33. The second-order valence-electron chi connectivity index (χ2n) is 4.22. The minimum Gasteiger partial charge on any atom is -0.319 e. The Balaban J connectivity index is 2.39. The average Bonchev–Trinajstić information content (AvgIpc) is 2.38. The first-order valence-corrected chi connectivity index (χ1v) is 5.94. The Labute approximate surface area is 103 Å². The number of nitrogens with one attached hydrogen (secondary N) is 1. The van der Waals surface area contributed by atoms with Crippen LogP contribution in [0.5, 0.6) is 0 Å². The second kappa shape index (κ2) is 5.60. The topological polar surface area (TPSA) is 24.9 Å². The quantitative estimate of drug-likeness (QED) is 0.867. The lowest BCUT2D eigenvalue weighted by atomic mass is 9.91. The Morgan fingerprint density at radius 3 is 2.53 bits per heavy atom. The summed E-state index contributed by atoms with van der Waals surface area (Å²) >= 11 is 0. The van der Waals surface area contributed by atoms with Gasteiger partial charge in [-0.2, -0.15) is 0 Å². The van der Waals surface area contributed by atoms with E-state index >= 15 is 0 Å². The molecule has 1 N–H and O–H groups in total. The SMILES string of the molecule is CNCC(c1ccccn1)c1ccccc1C. The van der Waals surface area contributed by atoms with Crippen LogP contribution in [0.4, 0.5) is 0 Å². The molecule has 1 aromatic carbocycles. The normalized spacial score (nSPS) is 12.4. The van der Waals surface area contributed by atoms with E-state index in [0.717, 1.165) is 12.2 Å². The van der Waals surface area contributed by atoms with E-state index in [0.29, 0.717) is 5.92 Å². The zero-order chi connectivity index (χ0) is 12.1. The van der Waals surface area contributed by atoms with Crippen LogP contribution in [-0.4, -0.2) is 18.6 Å². The van der Waals surface area contributed by atoms with Crippen LogP contribution in [0.15, 0.2) is 48.7 Å². The van der Waals surface area contributed by atoms with Gasteiger partial charge in [0.25, 0.3) is 0 Å². The van der Waals surface area contributed by atoms with E-state index < -0.39 is 0 Å². The van der Waals surface area contributed by atoms with Gasteiger partial charge in [0.1, 0.15) is 0 Å². The van der Waals surface area contributed by atoms with E-state index in [1.54, 1.807) is 0 Å². The lowest BCUT2D eigenvalue weighted by Crippen LogP contribution is -2.19. The summed E-state index contributed by atoms with van der Waals surface area (Å²) in [6, 6.07) is 14.6. The van der Waals surface area contributed by atoms with Crippen LogP contribution in [0.1, 0.15) is 22.7 Å². The predicted molar refractivity (Wildman–Crippen MR) is 71.2 cm³/mol. The third-order valence-corrected chi connectivity index (χ3v) is 3.02. The number of rotatable bonds is 4. The molecule has 1 aromatic heterocycles.